The molecule has 2 heteroatoms. The molecule has 20 heavy (non-hydrogen) atoms. The summed E-state index contributed by atoms with van der Waals surface area (Å²) in [6, 6.07) is 16.8. The number of benzene rings is 2. The molecule has 0 radical (unpaired) electrons. The molecule has 0 aromatic heterocycles. The second kappa shape index (κ2) is 7.11. The van der Waals surface area contributed by atoms with Crippen molar-refractivity contribution in [1.29, 1.82) is 0 Å². The van der Waals surface area contributed by atoms with E-state index in [1.165, 1.54) is 16.7 Å². The molecule has 0 aliphatic rings. The van der Waals surface area contributed by atoms with Crippen molar-refractivity contribution >= 4 is 0 Å². The van der Waals surface area contributed by atoms with Crippen LogP contribution in [0.2, 0.25) is 0 Å². The molecule has 0 aliphatic heterocycles. The molecule has 2 aromatic rings. The van der Waals surface area contributed by atoms with Gasteiger partial charge >= 0.3 is 0 Å². The summed E-state index contributed by atoms with van der Waals surface area (Å²) in [7, 11) is 0. The fourth-order valence-electron chi connectivity index (χ4n) is 2.33. The third-order valence-electron chi connectivity index (χ3n) is 3.45. The fourth-order valence-corrected chi connectivity index (χ4v) is 2.33. The Labute approximate surface area is 121 Å². The van der Waals surface area contributed by atoms with Crippen molar-refractivity contribution in [3.8, 4) is 5.75 Å². The Kier molecular flexibility index (Phi) is 5.19. The van der Waals surface area contributed by atoms with Gasteiger partial charge in [-0.05, 0) is 49.9 Å². The molecule has 0 spiro atoms. The van der Waals surface area contributed by atoms with Gasteiger partial charge in [0.05, 0.1) is 6.61 Å². The average molecular weight is 269 g/mol. The van der Waals surface area contributed by atoms with E-state index in [-0.39, 0.29) is 6.04 Å². The summed E-state index contributed by atoms with van der Waals surface area (Å²) in [6.07, 6.45) is 1.97. The van der Waals surface area contributed by atoms with E-state index in [0.717, 1.165) is 18.6 Å². The van der Waals surface area contributed by atoms with E-state index in [9.17, 15) is 0 Å². The van der Waals surface area contributed by atoms with E-state index in [1.54, 1.807) is 0 Å². The van der Waals surface area contributed by atoms with Crippen LogP contribution in [0.25, 0.3) is 0 Å². The highest BCUT2D eigenvalue weighted by molar-refractivity contribution is 5.29. The monoisotopic (exact) mass is 269 g/mol. The predicted octanol–water partition coefficient (Wildman–Crippen LogP) is 4.03. The van der Waals surface area contributed by atoms with Crippen LogP contribution < -0.4 is 10.5 Å². The van der Waals surface area contributed by atoms with Crippen molar-refractivity contribution in [2.75, 3.05) is 6.61 Å². The molecule has 0 amide bonds. The van der Waals surface area contributed by atoms with Crippen molar-refractivity contribution in [3.05, 3.63) is 65.2 Å². The SMILES string of the molecule is CCOc1ccc(C(N)CCc2cccc(C)c2)cc1. The van der Waals surface area contributed by atoms with Gasteiger partial charge in [0.2, 0.25) is 0 Å². The first-order valence-corrected chi connectivity index (χ1v) is 7.23. The highest BCUT2D eigenvalue weighted by atomic mass is 16.5. The Morgan fingerprint density at radius 1 is 1.10 bits per heavy atom. The van der Waals surface area contributed by atoms with Gasteiger partial charge in [0.15, 0.2) is 0 Å². The Hall–Kier alpha value is -1.80. The lowest BCUT2D eigenvalue weighted by molar-refractivity contribution is 0.340. The summed E-state index contributed by atoms with van der Waals surface area (Å²) in [5.74, 6) is 0.905. The lowest BCUT2D eigenvalue weighted by Gasteiger charge is -2.13. The summed E-state index contributed by atoms with van der Waals surface area (Å²) >= 11 is 0. The average Bonchev–Trinajstić information content (AvgIpc) is 2.46. The van der Waals surface area contributed by atoms with Crippen LogP contribution in [0.4, 0.5) is 0 Å². The van der Waals surface area contributed by atoms with Gasteiger partial charge in [-0.3, -0.25) is 0 Å². The van der Waals surface area contributed by atoms with Gasteiger partial charge in [-0.25, -0.2) is 0 Å². The first-order valence-electron chi connectivity index (χ1n) is 7.23. The first-order chi connectivity index (χ1) is 9.69. The van der Waals surface area contributed by atoms with Gasteiger partial charge in [0.1, 0.15) is 5.75 Å². The molecule has 2 rings (SSSR count). The van der Waals surface area contributed by atoms with Crippen LogP contribution in [0.15, 0.2) is 48.5 Å². The number of ether oxygens (including phenoxy) is 1. The maximum atomic E-state index is 6.26. The van der Waals surface area contributed by atoms with Crippen LogP contribution in [0.5, 0.6) is 5.75 Å². The van der Waals surface area contributed by atoms with Crippen LogP contribution in [0.1, 0.15) is 36.1 Å². The number of nitrogens with two attached hydrogens (primary N) is 1. The van der Waals surface area contributed by atoms with Crippen LogP contribution in [-0.4, -0.2) is 6.61 Å². The lowest BCUT2D eigenvalue weighted by atomic mass is 9.99. The van der Waals surface area contributed by atoms with E-state index in [1.807, 2.05) is 19.1 Å². The van der Waals surface area contributed by atoms with E-state index in [2.05, 4.69) is 43.3 Å². The molecule has 0 saturated carbocycles. The van der Waals surface area contributed by atoms with Crippen LogP contribution in [-0.2, 0) is 6.42 Å². The zero-order valence-electron chi connectivity index (χ0n) is 12.3. The van der Waals surface area contributed by atoms with Gasteiger partial charge < -0.3 is 10.5 Å². The Morgan fingerprint density at radius 3 is 2.50 bits per heavy atom. The van der Waals surface area contributed by atoms with E-state index < -0.39 is 0 Å². The normalized spacial score (nSPS) is 12.2. The van der Waals surface area contributed by atoms with Crippen molar-refractivity contribution in [1.82, 2.24) is 0 Å². The molecule has 2 aromatic carbocycles. The van der Waals surface area contributed by atoms with E-state index in [0.29, 0.717) is 6.61 Å². The van der Waals surface area contributed by atoms with E-state index >= 15 is 0 Å². The third-order valence-corrected chi connectivity index (χ3v) is 3.45. The molecular weight excluding hydrogens is 246 g/mol. The van der Waals surface area contributed by atoms with Gasteiger partial charge in [-0.1, -0.05) is 42.0 Å². The zero-order valence-corrected chi connectivity index (χ0v) is 12.3. The third kappa shape index (κ3) is 4.10. The molecule has 0 bridgehead atoms. The smallest absolute Gasteiger partial charge is 0.119 e. The van der Waals surface area contributed by atoms with Gasteiger partial charge in [-0.15, -0.1) is 0 Å². The van der Waals surface area contributed by atoms with Crippen molar-refractivity contribution in [2.45, 2.75) is 32.7 Å². The zero-order chi connectivity index (χ0) is 14.4. The standard InChI is InChI=1S/C18H23NO/c1-3-20-17-10-8-16(9-11-17)18(19)12-7-15-6-4-5-14(2)13-15/h4-6,8-11,13,18H,3,7,12,19H2,1-2H3. The summed E-state index contributed by atoms with van der Waals surface area (Å²) in [4.78, 5) is 0. The van der Waals surface area contributed by atoms with Crippen molar-refractivity contribution < 1.29 is 4.74 Å². The summed E-state index contributed by atoms with van der Waals surface area (Å²) in [5.41, 5.74) is 10.1. The Bertz CT molecular complexity index is 533. The van der Waals surface area contributed by atoms with Crippen molar-refractivity contribution in [3.63, 3.8) is 0 Å². The summed E-state index contributed by atoms with van der Waals surface area (Å²) in [5, 5.41) is 0. The quantitative estimate of drug-likeness (QED) is 0.859. The minimum absolute atomic E-state index is 0.0752. The second-order valence-electron chi connectivity index (χ2n) is 5.14. The molecule has 2 nitrogen and oxygen atoms in total. The van der Waals surface area contributed by atoms with Gasteiger partial charge in [0.25, 0.3) is 0 Å². The summed E-state index contributed by atoms with van der Waals surface area (Å²) in [6.45, 7) is 4.80. The van der Waals surface area contributed by atoms with Gasteiger partial charge in [0, 0.05) is 6.04 Å². The van der Waals surface area contributed by atoms with Crippen molar-refractivity contribution in [2.24, 2.45) is 5.73 Å². The topological polar surface area (TPSA) is 35.2 Å². The number of hydrogen-bond donors (Lipinski definition) is 1. The molecule has 0 aliphatic carbocycles. The Morgan fingerprint density at radius 2 is 1.85 bits per heavy atom. The first kappa shape index (κ1) is 14.6. The Balaban J connectivity index is 1.92. The highest BCUT2D eigenvalue weighted by Crippen LogP contribution is 2.20. The highest BCUT2D eigenvalue weighted by Gasteiger charge is 2.06. The maximum Gasteiger partial charge on any atom is 0.119 e. The molecule has 1 unspecified atom stereocenters. The number of aryl methyl sites for hydroxylation is 2. The largest absolute Gasteiger partial charge is 0.494 e. The molecule has 1 atom stereocenters. The fraction of sp³-hybridized carbons (Fsp3) is 0.333. The van der Waals surface area contributed by atoms with Crippen LogP contribution >= 0.6 is 0 Å². The number of hydrogen-bond acceptors (Lipinski definition) is 2. The molecule has 0 fully saturated rings. The minimum atomic E-state index is 0.0752. The van der Waals surface area contributed by atoms with E-state index in [4.69, 9.17) is 10.5 Å². The molecule has 2 N–H and O–H groups in total. The second-order valence-corrected chi connectivity index (χ2v) is 5.14. The maximum absolute atomic E-state index is 6.26. The van der Waals surface area contributed by atoms with Gasteiger partial charge in [-0.2, -0.15) is 0 Å². The van der Waals surface area contributed by atoms with Crippen LogP contribution in [0.3, 0.4) is 0 Å². The molecule has 0 saturated heterocycles. The lowest BCUT2D eigenvalue weighted by Crippen LogP contribution is -2.11. The molecular formula is C18H23NO. The predicted molar refractivity (Wildman–Crippen MR) is 84.0 cm³/mol. The molecule has 0 heterocycles. The van der Waals surface area contributed by atoms with Crippen LogP contribution in [0, 0.1) is 6.92 Å². The summed E-state index contributed by atoms with van der Waals surface area (Å²) < 4.78 is 5.44. The minimum Gasteiger partial charge on any atom is -0.494 e. The number of rotatable bonds is 6. The molecule has 106 valence electrons.